The standard InChI is InChI=1S/C8H12N2O2S/c1-7(10-6-12)4-8(13)2-3-9-5-11/h7-8,13H,2-4H2,1H3. The van der Waals surface area contributed by atoms with Crippen LogP contribution in [0.5, 0.6) is 0 Å². The minimum Gasteiger partial charge on any atom is -0.211 e. The first-order valence-corrected chi connectivity index (χ1v) is 4.51. The maximum absolute atomic E-state index is 9.87. The number of rotatable bonds is 6. The fourth-order valence-electron chi connectivity index (χ4n) is 0.913. The largest absolute Gasteiger partial charge is 0.235 e. The zero-order valence-electron chi connectivity index (χ0n) is 7.43. The smallest absolute Gasteiger partial charge is 0.211 e. The second kappa shape index (κ2) is 7.74. The van der Waals surface area contributed by atoms with E-state index in [4.69, 9.17) is 0 Å². The van der Waals surface area contributed by atoms with Gasteiger partial charge in [-0.15, -0.1) is 0 Å². The Kier molecular flexibility index (Phi) is 7.21. The van der Waals surface area contributed by atoms with Crippen LogP contribution in [-0.2, 0) is 9.59 Å². The monoisotopic (exact) mass is 200 g/mol. The molecular weight excluding hydrogens is 188 g/mol. The van der Waals surface area contributed by atoms with Gasteiger partial charge in [0.15, 0.2) is 0 Å². The Labute approximate surface area is 82.6 Å². The molecule has 0 radical (unpaired) electrons. The van der Waals surface area contributed by atoms with Crippen molar-refractivity contribution in [3.05, 3.63) is 0 Å². The second-order valence-corrected chi connectivity index (χ2v) is 3.45. The molecule has 0 bridgehead atoms. The van der Waals surface area contributed by atoms with E-state index in [1.807, 2.05) is 6.92 Å². The molecule has 2 atom stereocenters. The highest BCUT2D eigenvalue weighted by molar-refractivity contribution is 7.80. The van der Waals surface area contributed by atoms with Gasteiger partial charge < -0.3 is 0 Å². The quantitative estimate of drug-likeness (QED) is 0.397. The van der Waals surface area contributed by atoms with Gasteiger partial charge in [0.2, 0.25) is 12.2 Å². The normalized spacial score (nSPS) is 13.7. The molecule has 0 aliphatic rings. The molecule has 4 nitrogen and oxygen atoms in total. The molecule has 0 aliphatic heterocycles. The Bertz CT molecular complexity index is 232. The van der Waals surface area contributed by atoms with Crippen molar-refractivity contribution in [1.29, 1.82) is 0 Å². The van der Waals surface area contributed by atoms with Crippen LogP contribution < -0.4 is 0 Å². The van der Waals surface area contributed by atoms with Crippen molar-refractivity contribution in [2.75, 3.05) is 6.54 Å². The number of isocyanates is 2. The summed E-state index contributed by atoms with van der Waals surface area (Å²) in [6, 6.07) is -0.0692. The van der Waals surface area contributed by atoms with Crippen molar-refractivity contribution in [3.63, 3.8) is 0 Å². The van der Waals surface area contributed by atoms with Crippen molar-refractivity contribution in [3.8, 4) is 0 Å². The highest BCUT2D eigenvalue weighted by Crippen LogP contribution is 2.11. The van der Waals surface area contributed by atoms with E-state index in [1.165, 1.54) is 12.2 Å². The van der Waals surface area contributed by atoms with Crippen LogP contribution >= 0.6 is 12.6 Å². The highest BCUT2D eigenvalue weighted by Gasteiger charge is 2.07. The van der Waals surface area contributed by atoms with Crippen molar-refractivity contribution in [2.24, 2.45) is 9.98 Å². The molecule has 0 rings (SSSR count). The summed E-state index contributed by atoms with van der Waals surface area (Å²) in [5.74, 6) is 0. The lowest BCUT2D eigenvalue weighted by molar-refractivity contribution is 0.551. The number of carbonyl (C=O) groups excluding carboxylic acids is 2. The third-order valence-corrected chi connectivity index (χ3v) is 1.99. The van der Waals surface area contributed by atoms with E-state index in [0.29, 0.717) is 19.4 Å². The number of hydrogen-bond acceptors (Lipinski definition) is 5. The summed E-state index contributed by atoms with van der Waals surface area (Å²) in [6.07, 6.45) is 4.33. The molecule has 0 N–H and O–H groups in total. The van der Waals surface area contributed by atoms with Crippen LogP contribution in [0.2, 0.25) is 0 Å². The van der Waals surface area contributed by atoms with Crippen LogP contribution in [0.3, 0.4) is 0 Å². The summed E-state index contributed by atoms with van der Waals surface area (Å²) in [6.45, 7) is 2.24. The first kappa shape index (κ1) is 12.1. The molecule has 0 saturated carbocycles. The second-order valence-electron chi connectivity index (χ2n) is 2.72. The molecule has 0 aromatic heterocycles. The van der Waals surface area contributed by atoms with Gasteiger partial charge in [-0.1, -0.05) is 0 Å². The van der Waals surface area contributed by atoms with Crippen LogP contribution in [0.15, 0.2) is 9.98 Å². The van der Waals surface area contributed by atoms with Gasteiger partial charge in [0.1, 0.15) is 0 Å². The summed E-state index contributed by atoms with van der Waals surface area (Å²) in [4.78, 5) is 26.5. The van der Waals surface area contributed by atoms with Crippen LogP contribution in [-0.4, -0.2) is 30.0 Å². The third-order valence-electron chi connectivity index (χ3n) is 1.52. The summed E-state index contributed by atoms with van der Waals surface area (Å²) < 4.78 is 0. The summed E-state index contributed by atoms with van der Waals surface area (Å²) in [5.41, 5.74) is 0. The fraction of sp³-hybridized carbons (Fsp3) is 0.750. The minimum absolute atomic E-state index is 0.0692. The molecule has 0 fully saturated rings. The maximum Gasteiger partial charge on any atom is 0.235 e. The van der Waals surface area contributed by atoms with Crippen molar-refractivity contribution in [1.82, 2.24) is 0 Å². The topological polar surface area (TPSA) is 58.9 Å². The van der Waals surface area contributed by atoms with E-state index in [1.54, 1.807) is 0 Å². The van der Waals surface area contributed by atoms with Crippen LogP contribution in [0, 0.1) is 0 Å². The van der Waals surface area contributed by atoms with Crippen molar-refractivity contribution < 1.29 is 9.59 Å². The predicted molar refractivity (Wildman–Crippen MR) is 52.6 cm³/mol. The Balaban J connectivity index is 3.66. The average molecular weight is 200 g/mol. The molecule has 0 saturated heterocycles. The van der Waals surface area contributed by atoms with E-state index < -0.39 is 0 Å². The fourth-order valence-corrected chi connectivity index (χ4v) is 1.33. The van der Waals surface area contributed by atoms with Gasteiger partial charge in [0, 0.05) is 5.25 Å². The summed E-state index contributed by atoms with van der Waals surface area (Å²) in [5, 5.41) is 0.101. The van der Waals surface area contributed by atoms with Crippen LogP contribution in [0.25, 0.3) is 0 Å². The SMILES string of the molecule is CC(CC(S)CCN=C=O)N=C=O. The molecule has 0 aliphatic carbocycles. The molecule has 0 heterocycles. The zero-order valence-corrected chi connectivity index (χ0v) is 8.33. The lowest BCUT2D eigenvalue weighted by atomic mass is 10.1. The molecular formula is C8H12N2O2S. The Morgan fingerprint density at radius 3 is 2.62 bits per heavy atom. The molecule has 0 aromatic carbocycles. The lowest BCUT2D eigenvalue weighted by Gasteiger charge is -2.09. The first-order valence-electron chi connectivity index (χ1n) is 3.99. The number of nitrogens with zero attached hydrogens (tertiary/aromatic N) is 2. The molecule has 13 heavy (non-hydrogen) atoms. The van der Waals surface area contributed by atoms with Crippen molar-refractivity contribution >= 4 is 24.8 Å². The Morgan fingerprint density at radius 1 is 1.38 bits per heavy atom. The molecule has 2 unspecified atom stereocenters. The maximum atomic E-state index is 9.87. The van der Waals surface area contributed by atoms with Gasteiger partial charge in [0.25, 0.3) is 0 Å². The van der Waals surface area contributed by atoms with E-state index in [0.717, 1.165) is 0 Å². The molecule has 5 heteroatoms. The van der Waals surface area contributed by atoms with Gasteiger partial charge >= 0.3 is 0 Å². The third kappa shape index (κ3) is 7.47. The zero-order chi connectivity index (χ0) is 10.1. The van der Waals surface area contributed by atoms with Gasteiger partial charge in [-0.05, 0) is 19.8 Å². The Hall–Kier alpha value is -0.890. The Morgan fingerprint density at radius 2 is 2.08 bits per heavy atom. The first-order chi connectivity index (χ1) is 6.20. The molecule has 72 valence electrons. The van der Waals surface area contributed by atoms with Gasteiger partial charge in [0.05, 0.1) is 12.6 Å². The van der Waals surface area contributed by atoms with Gasteiger partial charge in [-0.3, -0.25) is 0 Å². The van der Waals surface area contributed by atoms with Crippen molar-refractivity contribution in [2.45, 2.75) is 31.1 Å². The van der Waals surface area contributed by atoms with Gasteiger partial charge in [-0.2, -0.15) is 12.6 Å². The van der Waals surface area contributed by atoms with E-state index in [2.05, 4.69) is 22.6 Å². The van der Waals surface area contributed by atoms with Crippen LogP contribution in [0.1, 0.15) is 19.8 Å². The predicted octanol–water partition coefficient (Wildman–Crippen LogP) is 1.13. The van der Waals surface area contributed by atoms with E-state index >= 15 is 0 Å². The molecule has 0 spiro atoms. The van der Waals surface area contributed by atoms with Crippen LogP contribution in [0.4, 0.5) is 0 Å². The van der Waals surface area contributed by atoms with Gasteiger partial charge in [-0.25, -0.2) is 19.6 Å². The average Bonchev–Trinajstić information content (AvgIpc) is 2.05. The number of aliphatic imine (C=N–C) groups is 2. The number of hydrogen-bond donors (Lipinski definition) is 1. The molecule has 0 amide bonds. The number of thiol groups is 1. The minimum atomic E-state index is -0.0692. The highest BCUT2D eigenvalue weighted by atomic mass is 32.1. The molecule has 0 aromatic rings. The summed E-state index contributed by atoms with van der Waals surface area (Å²) >= 11 is 4.26. The lowest BCUT2D eigenvalue weighted by Crippen LogP contribution is -2.09. The van der Waals surface area contributed by atoms with E-state index in [9.17, 15) is 9.59 Å². The summed E-state index contributed by atoms with van der Waals surface area (Å²) in [7, 11) is 0. The van der Waals surface area contributed by atoms with E-state index in [-0.39, 0.29) is 11.3 Å².